The molecular formula is C20H26ClF3IN5O. The maximum absolute atomic E-state index is 12.8. The molecule has 1 saturated carbocycles. The van der Waals surface area contributed by atoms with Crippen LogP contribution in [0.15, 0.2) is 33.8 Å². The van der Waals surface area contributed by atoms with E-state index in [1.165, 1.54) is 0 Å². The fourth-order valence-corrected chi connectivity index (χ4v) is 3.63. The molecule has 2 N–H and O–H groups in total. The Morgan fingerprint density at radius 1 is 1.26 bits per heavy atom. The third-order valence-corrected chi connectivity index (χ3v) is 5.26. The van der Waals surface area contributed by atoms with Crippen LogP contribution in [0.5, 0.6) is 0 Å². The Labute approximate surface area is 201 Å². The largest absolute Gasteiger partial charge is 0.391 e. The van der Waals surface area contributed by atoms with Gasteiger partial charge in [-0.25, -0.2) is 0 Å². The fourth-order valence-electron chi connectivity index (χ4n) is 3.44. The minimum atomic E-state index is -4.10. The summed E-state index contributed by atoms with van der Waals surface area (Å²) in [7, 11) is 0. The first-order valence-electron chi connectivity index (χ1n) is 10.0. The number of nitrogens with one attached hydrogen (secondary N) is 2. The molecule has 1 aliphatic carbocycles. The molecule has 0 unspecified atom stereocenters. The molecule has 11 heteroatoms. The zero-order valence-electron chi connectivity index (χ0n) is 17.1. The van der Waals surface area contributed by atoms with Crippen LogP contribution in [0.3, 0.4) is 0 Å². The van der Waals surface area contributed by atoms with Crippen molar-refractivity contribution >= 4 is 41.5 Å². The average Bonchev–Trinajstić information content (AvgIpc) is 3.17. The molecule has 0 radical (unpaired) electrons. The lowest BCUT2D eigenvalue weighted by molar-refractivity contribution is -0.182. The SMILES string of the molecule is CCNC(=NCCc1nc(-c2cccc(Cl)c2)no1)NC1CCC(C(F)(F)F)CC1.I. The van der Waals surface area contributed by atoms with Gasteiger partial charge in [0.2, 0.25) is 11.7 Å². The van der Waals surface area contributed by atoms with Gasteiger partial charge in [-0.05, 0) is 44.7 Å². The normalized spacial score (nSPS) is 19.6. The topological polar surface area (TPSA) is 75.3 Å². The molecule has 6 nitrogen and oxygen atoms in total. The number of aliphatic imine (C=N–C) groups is 1. The lowest BCUT2D eigenvalue weighted by Gasteiger charge is -2.31. The number of halogens is 5. The Balaban J connectivity index is 0.00000341. The summed E-state index contributed by atoms with van der Waals surface area (Å²) < 4.78 is 43.8. The van der Waals surface area contributed by atoms with Crippen molar-refractivity contribution in [1.82, 2.24) is 20.8 Å². The van der Waals surface area contributed by atoms with Crippen LogP contribution in [0.2, 0.25) is 5.02 Å². The maximum Gasteiger partial charge on any atom is 0.391 e. The van der Waals surface area contributed by atoms with Crippen LogP contribution in [-0.4, -0.2) is 41.4 Å². The number of nitrogens with zero attached hydrogens (tertiary/aromatic N) is 3. The zero-order valence-corrected chi connectivity index (χ0v) is 20.2. The molecule has 172 valence electrons. The highest BCUT2D eigenvalue weighted by molar-refractivity contribution is 14.0. The molecule has 0 atom stereocenters. The number of hydrogen-bond donors (Lipinski definition) is 2. The van der Waals surface area contributed by atoms with Crippen LogP contribution < -0.4 is 10.6 Å². The lowest BCUT2D eigenvalue weighted by atomic mass is 9.85. The van der Waals surface area contributed by atoms with Crippen LogP contribution in [0.4, 0.5) is 13.2 Å². The summed E-state index contributed by atoms with van der Waals surface area (Å²) in [6, 6.07) is 7.17. The minimum absolute atomic E-state index is 0. The smallest absolute Gasteiger partial charge is 0.357 e. The first-order chi connectivity index (χ1) is 14.3. The van der Waals surface area contributed by atoms with Gasteiger partial charge in [0.05, 0.1) is 12.5 Å². The highest BCUT2D eigenvalue weighted by atomic mass is 127. The number of aromatic nitrogens is 2. The molecule has 1 aromatic carbocycles. The van der Waals surface area contributed by atoms with E-state index in [0.717, 1.165) is 5.56 Å². The number of alkyl halides is 3. The van der Waals surface area contributed by atoms with Gasteiger partial charge in [0.15, 0.2) is 5.96 Å². The third-order valence-electron chi connectivity index (χ3n) is 5.02. The zero-order chi connectivity index (χ0) is 21.6. The Hall–Kier alpha value is -1.56. The number of benzene rings is 1. The summed E-state index contributed by atoms with van der Waals surface area (Å²) in [6.07, 6.45) is -2.41. The first kappa shape index (κ1) is 25.7. The van der Waals surface area contributed by atoms with Crippen LogP contribution in [0.25, 0.3) is 11.4 Å². The second-order valence-corrected chi connectivity index (χ2v) is 7.70. The van der Waals surface area contributed by atoms with E-state index in [2.05, 4.69) is 25.8 Å². The highest BCUT2D eigenvalue weighted by Gasteiger charge is 2.41. The molecule has 2 aromatic rings. The second-order valence-electron chi connectivity index (χ2n) is 7.27. The van der Waals surface area contributed by atoms with Crippen LogP contribution in [-0.2, 0) is 6.42 Å². The summed E-state index contributed by atoms with van der Waals surface area (Å²) in [5, 5.41) is 10.9. The fraction of sp³-hybridized carbons (Fsp3) is 0.550. The Kier molecular flexibility index (Phi) is 9.86. The summed E-state index contributed by atoms with van der Waals surface area (Å²) in [6.45, 7) is 3.00. The number of hydrogen-bond acceptors (Lipinski definition) is 4. The number of guanidine groups is 1. The van der Waals surface area contributed by atoms with Gasteiger partial charge in [-0.2, -0.15) is 18.2 Å². The van der Waals surface area contributed by atoms with E-state index in [9.17, 15) is 13.2 Å². The molecule has 3 rings (SSSR count). The summed E-state index contributed by atoms with van der Waals surface area (Å²) in [4.78, 5) is 8.85. The molecular weight excluding hydrogens is 546 g/mol. The van der Waals surface area contributed by atoms with Crippen molar-refractivity contribution in [2.75, 3.05) is 13.1 Å². The van der Waals surface area contributed by atoms with Gasteiger partial charge in [0.25, 0.3) is 0 Å². The predicted molar refractivity (Wildman–Crippen MR) is 125 cm³/mol. The summed E-state index contributed by atoms with van der Waals surface area (Å²) in [5.41, 5.74) is 0.769. The van der Waals surface area contributed by atoms with E-state index in [0.29, 0.717) is 55.0 Å². The van der Waals surface area contributed by atoms with E-state index in [1.807, 2.05) is 19.1 Å². The average molecular weight is 572 g/mol. The Bertz CT molecular complexity index is 853. The van der Waals surface area contributed by atoms with E-state index in [-0.39, 0.29) is 42.9 Å². The van der Waals surface area contributed by atoms with Crippen molar-refractivity contribution in [2.24, 2.45) is 10.9 Å². The van der Waals surface area contributed by atoms with Gasteiger partial charge in [-0.15, -0.1) is 24.0 Å². The standard InChI is InChI=1S/C20H25ClF3N5O.HI/c1-2-25-19(27-16-8-6-14(7-9-16)20(22,23)24)26-11-10-17-28-18(29-30-17)13-4-3-5-15(21)12-13;/h3-5,12,14,16H,2,6-11H2,1H3,(H2,25,26,27);1H. The lowest BCUT2D eigenvalue weighted by Crippen LogP contribution is -2.46. The van der Waals surface area contributed by atoms with Crippen molar-refractivity contribution in [2.45, 2.75) is 51.2 Å². The summed E-state index contributed by atoms with van der Waals surface area (Å²) in [5.74, 6) is 0.307. The van der Waals surface area contributed by atoms with Gasteiger partial charge in [0.1, 0.15) is 0 Å². The highest BCUT2D eigenvalue weighted by Crippen LogP contribution is 2.37. The quantitative estimate of drug-likeness (QED) is 0.282. The monoisotopic (exact) mass is 571 g/mol. The van der Waals surface area contributed by atoms with Gasteiger partial charge in [-0.1, -0.05) is 28.9 Å². The molecule has 0 aliphatic heterocycles. The molecule has 0 amide bonds. The van der Waals surface area contributed by atoms with Gasteiger partial charge in [0, 0.05) is 29.6 Å². The van der Waals surface area contributed by atoms with Crippen LogP contribution in [0.1, 0.15) is 38.5 Å². The van der Waals surface area contributed by atoms with Crippen molar-refractivity contribution in [3.05, 3.63) is 35.2 Å². The van der Waals surface area contributed by atoms with Gasteiger partial charge in [-0.3, -0.25) is 4.99 Å². The molecule has 31 heavy (non-hydrogen) atoms. The van der Waals surface area contributed by atoms with Crippen molar-refractivity contribution in [3.63, 3.8) is 0 Å². The van der Waals surface area contributed by atoms with Crippen molar-refractivity contribution in [1.29, 1.82) is 0 Å². The predicted octanol–water partition coefficient (Wildman–Crippen LogP) is 5.23. The van der Waals surface area contributed by atoms with Crippen LogP contribution in [0, 0.1) is 5.92 Å². The molecule has 1 aromatic heterocycles. The van der Waals surface area contributed by atoms with E-state index < -0.39 is 12.1 Å². The van der Waals surface area contributed by atoms with Crippen molar-refractivity contribution < 1.29 is 17.7 Å². The van der Waals surface area contributed by atoms with E-state index in [4.69, 9.17) is 16.1 Å². The third kappa shape index (κ3) is 7.81. The molecule has 1 heterocycles. The molecule has 1 fully saturated rings. The van der Waals surface area contributed by atoms with Crippen molar-refractivity contribution in [3.8, 4) is 11.4 Å². The Morgan fingerprint density at radius 3 is 2.65 bits per heavy atom. The van der Waals surface area contributed by atoms with E-state index in [1.54, 1.807) is 12.1 Å². The van der Waals surface area contributed by atoms with Gasteiger partial charge >= 0.3 is 6.18 Å². The van der Waals surface area contributed by atoms with Gasteiger partial charge < -0.3 is 15.2 Å². The number of rotatable bonds is 6. The molecule has 0 bridgehead atoms. The first-order valence-corrected chi connectivity index (χ1v) is 10.4. The second kappa shape index (κ2) is 11.9. The van der Waals surface area contributed by atoms with Crippen LogP contribution >= 0.6 is 35.6 Å². The molecule has 0 spiro atoms. The molecule has 1 aliphatic rings. The van der Waals surface area contributed by atoms with E-state index >= 15 is 0 Å². The molecule has 0 saturated heterocycles. The maximum atomic E-state index is 12.8. The summed E-state index contributed by atoms with van der Waals surface area (Å²) >= 11 is 5.99. The minimum Gasteiger partial charge on any atom is -0.357 e. The Morgan fingerprint density at radius 2 is 2.00 bits per heavy atom.